The Kier molecular flexibility index (Phi) is 6.40. The molecule has 4 aliphatic heterocycles. The van der Waals surface area contributed by atoms with Gasteiger partial charge in [-0.15, -0.1) is 0 Å². The number of fused-ring (bicyclic) bond motifs is 21. The van der Waals surface area contributed by atoms with Gasteiger partial charge in [0.1, 0.15) is 0 Å². The van der Waals surface area contributed by atoms with Crippen molar-refractivity contribution in [2.45, 2.75) is 48.8 Å². The van der Waals surface area contributed by atoms with E-state index in [4.69, 9.17) is 4.74 Å². The molecule has 13 rings (SSSR count). The predicted octanol–water partition coefficient (Wildman–Crippen LogP) is 9.40. The normalized spacial score (nSPS) is 22.1. The van der Waals surface area contributed by atoms with Crippen LogP contribution in [0.3, 0.4) is 0 Å². The van der Waals surface area contributed by atoms with E-state index in [1.807, 2.05) is 12.1 Å². The molecule has 6 aromatic carbocycles. The van der Waals surface area contributed by atoms with Gasteiger partial charge in [0.15, 0.2) is 0 Å². The summed E-state index contributed by atoms with van der Waals surface area (Å²) in [4.78, 5) is 10.8. The van der Waals surface area contributed by atoms with Crippen molar-refractivity contribution in [2.24, 2.45) is 0 Å². The Morgan fingerprint density at radius 3 is 1.27 bits per heavy atom. The molecule has 3 aliphatic carbocycles. The van der Waals surface area contributed by atoms with Crippen LogP contribution in [0.4, 0.5) is 0 Å². The zero-order chi connectivity index (χ0) is 36.6. The fourth-order valence-corrected chi connectivity index (χ4v) is 14.8. The third-order valence-corrected chi connectivity index (χ3v) is 16.5. The van der Waals surface area contributed by atoms with E-state index in [1.165, 1.54) is 65.6 Å². The Hall–Kier alpha value is -5.77. The molecule has 1 fully saturated rings. The molecule has 6 heteroatoms. The molecule has 7 aliphatic rings. The van der Waals surface area contributed by atoms with Gasteiger partial charge in [0.05, 0.1) is 0 Å². The molecule has 6 bridgehead atoms. The third kappa shape index (κ3) is 3.85. The Labute approximate surface area is 334 Å². The fourth-order valence-electron chi connectivity index (χ4n) is 11.0. The van der Waals surface area contributed by atoms with Crippen LogP contribution >= 0.6 is 0 Å². The molecule has 5 nitrogen and oxygen atoms in total. The van der Waals surface area contributed by atoms with Crippen LogP contribution in [0.1, 0.15) is 59.1 Å². The van der Waals surface area contributed by atoms with Gasteiger partial charge in [0.25, 0.3) is 0 Å². The van der Waals surface area contributed by atoms with Crippen molar-refractivity contribution in [3.63, 3.8) is 0 Å². The van der Waals surface area contributed by atoms with Crippen molar-refractivity contribution in [3.05, 3.63) is 204 Å². The SMILES string of the molecule is [c-]1c2cccc1C1(c3ccccc3-c3ccccc31)N1C=CN3[C]1=[Pt]=[C]1N(C=CN1C1(c4[c-]c(ccc4)O2)c2ccccc2-c2ccccc21)C1CCCCC13. The Morgan fingerprint density at radius 1 is 0.464 bits per heavy atom. The summed E-state index contributed by atoms with van der Waals surface area (Å²) in [7, 11) is 0. The first-order valence-electron chi connectivity index (χ1n) is 19.7. The summed E-state index contributed by atoms with van der Waals surface area (Å²) >= 11 is -0.822. The van der Waals surface area contributed by atoms with Crippen molar-refractivity contribution in [1.29, 1.82) is 0 Å². The van der Waals surface area contributed by atoms with Gasteiger partial charge in [-0.1, -0.05) is 0 Å². The number of rotatable bonds is 0. The summed E-state index contributed by atoms with van der Waals surface area (Å²) in [5.41, 5.74) is 11.0. The Morgan fingerprint density at radius 2 is 0.857 bits per heavy atom. The van der Waals surface area contributed by atoms with Crippen LogP contribution in [0.15, 0.2) is 158 Å². The van der Waals surface area contributed by atoms with Crippen molar-refractivity contribution in [3.8, 4) is 33.8 Å². The molecule has 0 aromatic heterocycles. The number of ether oxygens (including phenoxy) is 1. The maximum absolute atomic E-state index is 6.90. The van der Waals surface area contributed by atoms with E-state index >= 15 is 0 Å². The minimum atomic E-state index is -0.822. The van der Waals surface area contributed by atoms with Crippen LogP contribution in [-0.2, 0) is 28.7 Å². The van der Waals surface area contributed by atoms with Crippen molar-refractivity contribution >= 4 is 8.29 Å². The van der Waals surface area contributed by atoms with Gasteiger partial charge in [0, 0.05) is 0 Å². The van der Waals surface area contributed by atoms with Crippen LogP contribution in [0.25, 0.3) is 22.3 Å². The van der Waals surface area contributed by atoms with Gasteiger partial charge >= 0.3 is 337 Å². The molecule has 0 N–H and O–H groups in total. The Balaban J connectivity index is 1.19. The predicted molar refractivity (Wildman–Crippen MR) is 216 cm³/mol. The van der Waals surface area contributed by atoms with Gasteiger partial charge in [-0.05, 0) is 0 Å². The van der Waals surface area contributed by atoms with Crippen molar-refractivity contribution < 1.29 is 22.4 Å². The monoisotopic (exact) mass is 903 g/mol. The Bertz CT molecular complexity index is 2540. The van der Waals surface area contributed by atoms with Gasteiger partial charge in [-0.3, -0.25) is 0 Å². The number of nitrogens with zero attached hydrogens (tertiary/aromatic N) is 4. The van der Waals surface area contributed by atoms with Crippen LogP contribution in [0, 0.1) is 12.1 Å². The number of hydrogen-bond acceptors (Lipinski definition) is 5. The van der Waals surface area contributed by atoms with E-state index in [9.17, 15) is 0 Å². The quantitative estimate of drug-likeness (QED) is 0.142. The van der Waals surface area contributed by atoms with E-state index in [0.29, 0.717) is 23.6 Å². The minimum absolute atomic E-state index is 0.356. The van der Waals surface area contributed by atoms with Crippen LogP contribution in [0.2, 0.25) is 0 Å². The molecule has 2 atom stereocenters. The first kappa shape index (κ1) is 31.4. The molecule has 2 spiro atoms. The van der Waals surface area contributed by atoms with E-state index in [1.54, 1.807) is 0 Å². The summed E-state index contributed by atoms with van der Waals surface area (Å²) in [6, 6.07) is 57.5. The van der Waals surface area contributed by atoms with E-state index in [0.717, 1.165) is 24.0 Å². The fraction of sp³-hybridized carbons (Fsp3) is 0.160. The van der Waals surface area contributed by atoms with E-state index in [-0.39, 0.29) is 0 Å². The molecule has 1 saturated carbocycles. The van der Waals surface area contributed by atoms with Gasteiger partial charge < -0.3 is 0 Å². The number of hydrogen-bond donors (Lipinski definition) is 0. The molecule has 6 aromatic rings. The molecular weight excluding hydrogens is 868 g/mol. The summed E-state index contributed by atoms with van der Waals surface area (Å²) in [6.07, 6.45) is 14.5. The molecule has 56 heavy (non-hydrogen) atoms. The van der Waals surface area contributed by atoms with E-state index in [2.05, 4.69) is 178 Å². The summed E-state index contributed by atoms with van der Waals surface area (Å²) < 4.78 is 9.72. The zero-order valence-corrected chi connectivity index (χ0v) is 32.8. The molecule has 0 amide bonds. The van der Waals surface area contributed by atoms with Gasteiger partial charge in [-0.25, -0.2) is 0 Å². The first-order chi connectivity index (χ1) is 27.8. The standard InChI is InChI=1S/C50H36N4O.Pt/c1-5-21-43-39(17-1)40-18-2-6-22-44(40)49(43)35-13-11-15-37(31-35)55-38-16-12-14-36(32-38)50(45-23-7-3-19-41(45)42-20-4-8-24-46(42)50)54-30-28-52(34-54)48-26-10-9-25-47(48)51-27-29-53(49)33-51;/h1-8,11-24,27-30,47-48H,9-10,25-26H2;/q-2;. The zero-order valence-electron chi connectivity index (χ0n) is 30.5. The van der Waals surface area contributed by atoms with Crippen LogP contribution < -0.4 is 4.74 Å². The average Bonchev–Trinajstić information content (AvgIpc) is 3.99. The summed E-state index contributed by atoms with van der Waals surface area (Å²) in [6.45, 7) is 0. The molecule has 0 radical (unpaired) electrons. The summed E-state index contributed by atoms with van der Waals surface area (Å²) in [5.74, 6) is 1.37. The molecule has 274 valence electrons. The molecular formula is C50H36N4OPt-2. The maximum atomic E-state index is 6.90. The van der Waals surface area contributed by atoms with E-state index < -0.39 is 28.7 Å². The van der Waals surface area contributed by atoms with Crippen LogP contribution in [-0.4, -0.2) is 40.0 Å². The molecule has 2 unspecified atom stereocenters. The van der Waals surface area contributed by atoms with Crippen molar-refractivity contribution in [1.82, 2.24) is 19.6 Å². The first-order valence-corrected chi connectivity index (χ1v) is 22.0. The second-order valence-corrected chi connectivity index (χ2v) is 18.3. The summed E-state index contributed by atoms with van der Waals surface area (Å²) in [5, 5.41) is 0. The molecule has 4 heterocycles. The molecule has 0 saturated heterocycles. The number of benzene rings is 6. The second kappa shape index (κ2) is 11.4. The van der Waals surface area contributed by atoms with Crippen molar-refractivity contribution in [2.75, 3.05) is 0 Å². The van der Waals surface area contributed by atoms with Crippen LogP contribution in [0.5, 0.6) is 11.5 Å². The average molecular weight is 904 g/mol. The third-order valence-electron chi connectivity index (χ3n) is 13.2. The second-order valence-electron chi connectivity index (χ2n) is 15.7. The van der Waals surface area contributed by atoms with Gasteiger partial charge in [0.2, 0.25) is 0 Å². The van der Waals surface area contributed by atoms with Gasteiger partial charge in [-0.2, -0.15) is 0 Å². The topological polar surface area (TPSA) is 22.2 Å².